The van der Waals surface area contributed by atoms with Crippen LogP contribution in [-0.2, 0) is 7.05 Å². The van der Waals surface area contributed by atoms with Gasteiger partial charge in [-0.15, -0.1) is 0 Å². The Morgan fingerprint density at radius 3 is 2.74 bits per heavy atom. The molecule has 9 heteroatoms. The minimum Gasteiger partial charge on any atom is -0.490 e. The number of aliphatic hydroxyl groups excluding tert-OH is 1. The topological polar surface area (TPSA) is 92.7 Å². The second-order valence-electron chi connectivity index (χ2n) is 10.1. The fourth-order valence-corrected chi connectivity index (χ4v) is 5.39. The third-order valence-corrected chi connectivity index (χ3v) is 7.49. The summed E-state index contributed by atoms with van der Waals surface area (Å²) in [4.78, 5) is 6.04. The highest BCUT2D eigenvalue weighted by Gasteiger charge is 2.28. The summed E-state index contributed by atoms with van der Waals surface area (Å²) in [5.74, 6) is 1.61. The van der Waals surface area contributed by atoms with Crippen LogP contribution in [0.5, 0.6) is 5.75 Å². The molecular formula is C29H37N7O2. The van der Waals surface area contributed by atoms with Crippen LogP contribution in [0.3, 0.4) is 0 Å². The van der Waals surface area contributed by atoms with Crippen molar-refractivity contribution in [2.45, 2.75) is 57.9 Å². The number of hydrogen-bond donors (Lipinski definition) is 2. The average molecular weight is 516 g/mol. The molecule has 9 nitrogen and oxygen atoms in total. The standard InChI is InChI=1S/C29H37N7O2/c1-6-31-27(30-3)16-26-19(2)29(21-17-32-34(4)18-21)33-36(26)22-8-10-23(11-9-22)38-24-12-13-25-20(15-24)7-14-28(37)35(25)5/h7,12-18,22-23,28,31,37H,3,6,8-11H2,1-2,4-5H3/b27-16+. The van der Waals surface area contributed by atoms with E-state index >= 15 is 0 Å². The van der Waals surface area contributed by atoms with Crippen molar-refractivity contribution in [3.05, 3.63) is 59.3 Å². The van der Waals surface area contributed by atoms with Crippen molar-refractivity contribution >= 4 is 24.6 Å². The van der Waals surface area contributed by atoms with E-state index in [2.05, 4.69) is 45.9 Å². The maximum Gasteiger partial charge on any atom is 0.146 e. The molecule has 38 heavy (non-hydrogen) atoms. The number of ether oxygens (including phenoxy) is 1. The Morgan fingerprint density at radius 1 is 1.26 bits per heavy atom. The van der Waals surface area contributed by atoms with E-state index in [0.717, 1.165) is 77.6 Å². The first-order chi connectivity index (χ1) is 18.4. The molecule has 1 unspecified atom stereocenters. The van der Waals surface area contributed by atoms with Crippen molar-refractivity contribution in [1.82, 2.24) is 24.9 Å². The van der Waals surface area contributed by atoms with Crippen molar-refractivity contribution in [2.24, 2.45) is 12.0 Å². The zero-order valence-electron chi connectivity index (χ0n) is 22.6. The molecule has 3 aromatic rings. The summed E-state index contributed by atoms with van der Waals surface area (Å²) in [5.41, 5.74) is 6.16. The number of rotatable bonds is 8. The lowest BCUT2D eigenvalue weighted by Crippen LogP contribution is -2.31. The van der Waals surface area contributed by atoms with E-state index in [-0.39, 0.29) is 12.1 Å². The number of aliphatic imine (C=N–C) groups is 1. The van der Waals surface area contributed by atoms with E-state index in [1.165, 1.54) is 0 Å². The second kappa shape index (κ2) is 10.9. The molecule has 1 aliphatic heterocycles. The molecule has 0 bridgehead atoms. The van der Waals surface area contributed by atoms with E-state index in [1.807, 2.05) is 56.5 Å². The molecular weight excluding hydrogens is 478 g/mol. The quantitative estimate of drug-likeness (QED) is 0.428. The highest BCUT2D eigenvalue weighted by atomic mass is 16.5. The van der Waals surface area contributed by atoms with Crippen LogP contribution in [0.15, 0.2) is 47.5 Å². The third kappa shape index (κ3) is 5.11. The molecule has 1 atom stereocenters. The number of likely N-dealkylation sites (N-methyl/N-ethyl adjacent to an activating group) is 1. The number of nitrogens with one attached hydrogen (secondary N) is 1. The van der Waals surface area contributed by atoms with Crippen molar-refractivity contribution in [3.8, 4) is 17.0 Å². The van der Waals surface area contributed by atoms with Crippen molar-refractivity contribution < 1.29 is 9.84 Å². The van der Waals surface area contributed by atoms with Crippen LogP contribution in [0.1, 0.15) is 55.5 Å². The molecule has 1 fully saturated rings. The maximum absolute atomic E-state index is 10.0. The summed E-state index contributed by atoms with van der Waals surface area (Å²) in [6, 6.07) is 6.34. The summed E-state index contributed by atoms with van der Waals surface area (Å²) in [7, 11) is 3.81. The number of aromatic nitrogens is 4. The zero-order chi connectivity index (χ0) is 26.8. The van der Waals surface area contributed by atoms with Gasteiger partial charge in [-0.1, -0.05) is 6.08 Å². The number of aliphatic hydroxyl groups is 1. The molecule has 1 aromatic carbocycles. The summed E-state index contributed by atoms with van der Waals surface area (Å²) in [6.45, 7) is 8.67. The lowest BCUT2D eigenvalue weighted by molar-refractivity contribution is 0.129. The molecule has 200 valence electrons. The second-order valence-corrected chi connectivity index (χ2v) is 10.1. The third-order valence-electron chi connectivity index (χ3n) is 7.49. The van der Waals surface area contributed by atoms with E-state index in [1.54, 1.807) is 10.8 Å². The largest absolute Gasteiger partial charge is 0.490 e. The van der Waals surface area contributed by atoms with Crippen LogP contribution >= 0.6 is 0 Å². The molecule has 2 aromatic heterocycles. The summed E-state index contributed by atoms with van der Waals surface area (Å²) < 4.78 is 10.4. The normalized spacial score (nSPS) is 21.3. The van der Waals surface area contributed by atoms with Crippen LogP contribution < -0.4 is 15.0 Å². The molecule has 0 radical (unpaired) electrons. The van der Waals surface area contributed by atoms with E-state index < -0.39 is 6.23 Å². The maximum atomic E-state index is 10.0. The van der Waals surface area contributed by atoms with Gasteiger partial charge in [-0.3, -0.25) is 9.36 Å². The zero-order valence-corrected chi connectivity index (χ0v) is 22.6. The molecule has 3 heterocycles. The molecule has 1 saturated carbocycles. The Balaban J connectivity index is 1.34. The highest BCUT2D eigenvalue weighted by Crippen LogP contribution is 2.36. The molecule has 0 spiro atoms. The lowest BCUT2D eigenvalue weighted by atomic mass is 9.92. The van der Waals surface area contributed by atoms with E-state index in [0.29, 0.717) is 0 Å². The Hall–Kier alpha value is -3.85. The number of benzene rings is 1. The van der Waals surface area contributed by atoms with Crippen molar-refractivity contribution in [1.29, 1.82) is 0 Å². The van der Waals surface area contributed by atoms with Crippen LogP contribution in [0.25, 0.3) is 23.4 Å². The van der Waals surface area contributed by atoms with Gasteiger partial charge in [0.15, 0.2) is 0 Å². The molecule has 2 N–H and O–H groups in total. The Labute approximate surface area is 224 Å². The molecule has 2 aliphatic rings. The molecule has 0 amide bonds. The van der Waals surface area contributed by atoms with Gasteiger partial charge in [0.05, 0.1) is 29.7 Å². The van der Waals surface area contributed by atoms with Crippen LogP contribution in [0.4, 0.5) is 5.69 Å². The van der Waals surface area contributed by atoms with Gasteiger partial charge in [-0.05, 0) is 70.5 Å². The fourth-order valence-electron chi connectivity index (χ4n) is 5.39. The first-order valence-corrected chi connectivity index (χ1v) is 13.3. The minimum atomic E-state index is -0.593. The smallest absolute Gasteiger partial charge is 0.146 e. The van der Waals surface area contributed by atoms with Gasteiger partial charge in [0.2, 0.25) is 0 Å². The Bertz CT molecular complexity index is 1360. The number of hydrogen-bond acceptors (Lipinski definition) is 7. The first-order valence-electron chi connectivity index (χ1n) is 13.3. The highest BCUT2D eigenvalue weighted by molar-refractivity contribution is 5.73. The average Bonchev–Trinajstić information content (AvgIpc) is 3.49. The van der Waals surface area contributed by atoms with Gasteiger partial charge in [0, 0.05) is 55.3 Å². The van der Waals surface area contributed by atoms with Gasteiger partial charge in [-0.2, -0.15) is 10.2 Å². The minimum absolute atomic E-state index is 0.154. The number of fused-ring (bicyclic) bond motifs is 1. The fraction of sp³-hybridized carbons (Fsp3) is 0.414. The summed E-state index contributed by atoms with van der Waals surface area (Å²) >= 11 is 0. The van der Waals surface area contributed by atoms with Crippen molar-refractivity contribution in [3.63, 3.8) is 0 Å². The number of aryl methyl sites for hydroxylation is 1. The van der Waals surface area contributed by atoms with Gasteiger partial charge in [0.25, 0.3) is 0 Å². The van der Waals surface area contributed by atoms with E-state index in [9.17, 15) is 5.11 Å². The SMILES string of the molecule is C=N/C(=C\c1c(C)c(-c2cnn(C)c2)nn1C1CCC(Oc2ccc3c(c2)C=CC(O)N3C)CC1)NCC. The Kier molecular flexibility index (Phi) is 7.37. The van der Waals surface area contributed by atoms with Crippen LogP contribution in [0.2, 0.25) is 0 Å². The van der Waals surface area contributed by atoms with Crippen molar-refractivity contribution in [2.75, 3.05) is 18.5 Å². The van der Waals surface area contributed by atoms with Gasteiger partial charge >= 0.3 is 0 Å². The monoisotopic (exact) mass is 515 g/mol. The predicted octanol–water partition coefficient (Wildman–Crippen LogP) is 4.54. The number of nitrogens with zero attached hydrogens (tertiary/aromatic N) is 6. The molecule has 0 saturated heterocycles. The van der Waals surface area contributed by atoms with Crippen LogP contribution in [-0.4, -0.2) is 57.3 Å². The first kappa shape index (κ1) is 25.8. The van der Waals surface area contributed by atoms with Gasteiger partial charge in [0.1, 0.15) is 17.8 Å². The summed E-state index contributed by atoms with van der Waals surface area (Å²) in [6.07, 6.45) is 13.1. The van der Waals surface area contributed by atoms with Crippen LogP contribution in [0, 0.1) is 6.92 Å². The number of anilines is 1. The lowest BCUT2D eigenvalue weighted by Gasteiger charge is -2.31. The van der Waals surface area contributed by atoms with Gasteiger partial charge in [-0.25, -0.2) is 4.99 Å². The molecule has 1 aliphatic carbocycles. The van der Waals surface area contributed by atoms with E-state index in [4.69, 9.17) is 9.84 Å². The molecule has 5 rings (SSSR count). The summed E-state index contributed by atoms with van der Waals surface area (Å²) in [5, 5.41) is 22.8. The Morgan fingerprint density at radius 2 is 2.05 bits per heavy atom. The van der Waals surface area contributed by atoms with Gasteiger partial charge < -0.3 is 20.1 Å². The predicted molar refractivity (Wildman–Crippen MR) is 152 cm³/mol.